The van der Waals surface area contributed by atoms with Crippen molar-refractivity contribution in [3.05, 3.63) is 118 Å². The molecule has 4 aromatic rings. The normalized spacial score (nSPS) is 11.1. The lowest BCUT2D eigenvalue weighted by molar-refractivity contribution is 0.103. The van der Waals surface area contributed by atoms with Gasteiger partial charge in [0.05, 0.1) is 0 Å². The van der Waals surface area contributed by atoms with Crippen molar-refractivity contribution in [2.45, 2.75) is 12.8 Å². The van der Waals surface area contributed by atoms with Gasteiger partial charge in [0.2, 0.25) is 5.82 Å². The van der Waals surface area contributed by atoms with Crippen LogP contribution in [-0.4, -0.2) is 5.78 Å². The van der Waals surface area contributed by atoms with Crippen LogP contribution in [-0.2, 0) is 12.8 Å². The molecule has 156 valence electrons. The molecule has 0 spiro atoms. The molecule has 0 saturated carbocycles. The lowest BCUT2D eigenvalue weighted by atomic mass is 9.97. The second kappa shape index (κ2) is 8.30. The standard InChI is InChI=1S/C25H15F5O/c26-20-19(21(27)23(29)24(30)22(20)28)12-7-14-5-8-16(9-6-14)25(31)18-11-10-15-3-1-2-4-17(15)13-18/h1-6,8-11,13H,7,12H2. The largest absolute Gasteiger partial charge is 0.289 e. The van der Waals surface area contributed by atoms with Crippen LogP contribution < -0.4 is 0 Å². The Hall–Kier alpha value is -3.54. The highest BCUT2D eigenvalue weighted by Gasteiger charge is 2.25. The molecule has 31 heavy (non-hydrogen) atoms. The van der Waals surface area contributed by atoms with E-state index in [4.69, 9.17) is 0 Å². The fourth-order valence-electron chi connectivity index (χ4n) is 3.46. The maximum Gasteiger partial charge on any atom is 0.200 e. The van der Waals surface area contributed by atoms with Crippen LogP contribution in [0.1, 0.15) is 27.0 Å². The van der Waals surface area contributed by atoms with E-state index in [1.165, 1.54) is 0 Å². The fraction of sp³-hybridized carbons (Fsp3) is 0.0800. The number of aryl methyl sites for hydroxylation is 1. The van der Waals surface area contributed by atoms with Crippen LogP contribution >= 0.6 is 0 Å². The predicted molar refractivity (Wildman–Crippen MR) is 107 cm³/mol. The minimum atomic E-state index is -2.17. The molecule has 0 atom stereocenters. The van der Waals surface area contributed by atoms with Crippen LogP contribution in [0.3, 0.4) is 0 Å². The molecule has 0 saturated heterocycles. The summed E-state index contributed by atoms with van der Waals surface area (Å²) in [6.45, 7) is 0. The molecule has 0 heterocycles. The number of ketones is 1. The minimum Gasteiger partial charge on any atom is -0.289 e. The maximum absolute atomic E-state index is 13.8. The molecule has 0 aliphatic carbocycles. The van der Waals surface area contributed by atoms with Crippen molar-refractivity contribution in [2.75, 3.05) is 0 Å². The second-order valence-corrected chi connectivity index (χ2v) is 7.14. The summed E-state index contributed by atoms with van der Waals surface area (Å²) in [6, 6.07) is 19.4. The van der Waals surface area contributed by atoms with Gasteiger partial charge in [-0.1, -0.05) is 60.7 Å². The van der Waals surface area contributed by atoms with Crippen molar-refractivity contribution in [1.29, 1.82) is 0 Å². The fourth-order valence-corrected chi connectivity index (χ4v) is 3.46. The average Bonchev–Trinajstić information content (AvgIpc) is 2.81. The Labute approximate surface area is 174 Å². The molecule has 0 aliphatic heterocycles. The third-order valence-electron chi connectivity index (χ3n) is 5.19. The number of fused-ring (bicyclic) bond motifs is 1. The molecular formula is C25H15F5O. The Morgan fingerprint density at radius 1 is 0.581 bits per heavy atom. The predicted octanol–water partition coefficient (Wildman–Crippen LogP) is 6.55. The van der Waals surface area contributed by atoms with Gasteiger partial charge in [-0.2, -0.15) is 0 Å². The van der Waals surface area contributed by atoms with Gasteiger partial charge in [-0.25, -0.2) is 22.0 Å². The monoisotopic (exact) mass is 426 g/mol. The second-order valence-electron chi connectivity index (χ2n) is 7.14. The van der Waals surface area contributed by atoms with Gasteiger partial charge in [-0.3, -0.25) is 4.79 Å². The number of rotatable bonds is 5. The van der Waals surface area contributed by atoms with Crippen molar-refractivity contribution >= 4 is 16.6 Å². The summed E-state index contributed by atoms with van der Waals surface area (Å²) < 4.78 is 67.4. The summed E-state index contributed by atoms with van der Waals surface area (Å²) in [5.74, 6) is -9.90. The summed E-state index contributed by atoms with van der Waals surface area (Å²) in [5, 5.41) is 1.95. The van der Waals surface area contributed by atoms with Crippen LogP contribution in [0.4, 0.5) is 22.0 Å². The van der Waals surface area contributed by atoms with Crippen LogP contribution in [0.25, 0.3) is 10.8 Å². The highest BCUT2D eigenvalue weighted by molar-refractivity contribution is 6.10. The van der Waals surface area contributed by atoms with Gasteiger partial charge in [-0.05, 0) is 35.2 Å². The van der Waals surface area contributed by atoms with Gasteiger partial charge in [-0.15, -0.1) is 0 Å². The summed E-state index contributed by atoms with van der Waals surface area (Å²) in [4.78, 5) is 12.8. The lowest BCUT2D eigenvalue weighted by Crippen LogP contribution is -2.08. The van der Waals surface area contributed by atoms with Crippen LogP contribution in [0, 0.1) is 29.1 Å². The summed E-state index contributed by atoms with van der Waals surface area (Å²) >= 11 is 0. The van der Waals surface area contributed by atoms with E-state index in [-0.39, 0.29) is 18.6 Å². The van der Waals surface area contributed by atoms with Gasteiger partial charge in [0.15, 0.2) is 29.1 Å². The van der Waals surface area contributed by atoms with Crippen molar-refractivity contribution in [3.8, 4) is 0 Å². The Bertz CT molecular complexity index is 1270. The van der Waals surface area contributed by atoms with Crippen LogP contribution in [0.5, 0.6) is 0 Å². The number of carbonyl (C=O) groups excluding carboxylic acids is 1. The van der Waals surface area contributed by atoms with Gasteiger partial charge < -0.3 is 0 Å². The molecule has 0 N–H and O–H groups in total. The Kier molecular flexibility index (Phi) is 5.55. The summed E-state index contributed by atoms with van der Waals surface area (Å²) in [6.07, 6.45) is -0.327. The number of carbonyl (C=O) groups is 1. The van der Waals surface area contributed by atoms with E-state index in [9.17, 15) is 26.7 Å². The molecule has 0 aromatic heterocycles. The van der Waals surface area contributed by atoms with E-state index in [1.807, 2.05) is 30.3 Å². The SMILES string of the molecule is O=C(c1ccc(CCc2c(F)c(F)c(F)c(F)c2F)cc1)c1ccc2ccccc2c1. The molecular weight excluding hydrogens is 411 g/mol. The summed E-state index contributed by atoms with van der Waals surface area (Å²) in [5.41, 5.74) is 0.690. The molecule has 1 nitrogen and oxygen atoms in total. The molecule has 0 fully saturated rings. The Morgan fingerprint density at radius 3 is 1.77 bits per heavy atom. The van der Waals surface area contributed by atoms with Gasteiger partial charge in [0, 0.05) is 16.7 Å². The number of halogens is 5. The third-order valence-corrected chi connectivity index (χ3v) is 5.19. The first kappa shape index (κ1) is 20.7. The average molecular weight is 426 g/mol. The van der Waals surface area contributed by atoms with E-state index < -0.39 is 34.6 Å². The van der Waals surface area contributed by atoms with Gasteiger partial charge in [0.25, 0.3) is 0 Å². The van der Waals surface area contributed by atoms with E-state index >= 15 is 0 Å². The number of benzene rings is 4. The third kappa shape index (κ3) is 3.93. The van der Waals surface area contributed by atoms with Gasteiger partial charge >= 0.3 is 0 Å². The zero-order valence-electron chi connectivity index (χ0n) is 16.1. The topological polar surface area (TPSA) is 17.1 Å². The smallest absolute Gasteiger partial charge is 0.200 e. The first-order valence-corrected chi connectivity index (χ1v) is 9.49. The molecule has 0 radical (unpaired) electrons. The van der Waals surface area contributed by atoms with E-state index in [2.05, 4.69) is 0 Å². The molecule has 0 aliphatic rings. The highest BCUT2D eigenvalue weighted by atomic mass is 19.2. The molecule has 6 heteroatoms. The molecule has 4 rings (SSSR count). The Balaban J connectivity index is 1.52. The Morgan fingerprint density at radius 2 is 1.13 bits per heavy atom. The first-order valence-electron chi connectivity index (χ1n) is 9.49. The summed E-state index contributed by atoms with van der Waals surface area (Å²) in [7, 11) is 0. The molecule has 4 aromatic carbocycles. The van der Waals surface area contributed by atoms with E-state index in [0.717, 1.165) is 10.8 Å². The molecule has 0 amide bonds. The van der Waals surface area contributed by atoms with E-state index in [0.29, 0.717) is 16.7 Å². The van der Waals surface area contributed by atoms with Crippen molar-refractivity contribution in [2.24, 2.45) is 0 Å². The lowest BCUT2D eigenvalue weighted by Gasteiger charge is -2.09. The zero-order valence-corrected chi connectivity index (χ0v) is 16.1. The minimum absolute atomic E-state index is 0.0444. The van der Waals surface area contributed by atoms with Crippen LogP contribution in [0.15, 0.2) is 66.7 Å². The first-order chi connectivity index (χ1) is 14.9. The van der Waals surface area contributed by atoms with Crippen molar-refractivity contribution < 1.29 is 26.7 Å². The maximum atomic E-state index is 13.8. The number of hydrogen-bond donors (Lipinski definition) is 0. The molecule has 0 bridgehead atoms. The zero-order chi connectivity index (χ0) is 22.1. The highest BCUT2D eigenvalue weighted by Crippen LogP contribution is 2.24. The number of hydrogen-bond acceptors (Lipinski definition) is 1. The van der Waals surface area contributed by atoms with Crippen molar-refractivity contribution in [1.82, 2.24) is 0 Å². The molecule has 0 unspecified atom stereocenters. The van der Waals surface area contributed by atoms with E-state index in [1.54, 1.807) is 36.4 Å². The van der Waals surface area contributed by atoms with Gasteiger partial charge in [0.1, 0.15) is 0 Å². The van der Waals surface area contributed by atoms with Crippen molar-refractivity contribution in [3.63, 3.8) is 0 Å². The quantitative estimate of drug-likeness (QED) is 0.153. The van der Waals surface area contributed by atoms with Crippen LogP contribution in [0.2, 0.25) is 0 Å².